The van der Waals surface area contributed by atoms with Gasteiger partial charge in [0.05, 0.1) is 0 Å². The minimum atomic E-state index is 0.950. The highest BCUT2D eigenvalue weighted by Gasteiger charge is 2.10. The molecule has 0 saturated heterocycles. The zero-order valence-corrected chi connectivity index (χ0v) is 16.7. The predicted octanol–water partition coefficient (Wildman–Crippen LogP) is 6.47. The van der Waals surface area contributed by atoms with Gasteiger partial charge in [0.25, 0.3) is 0 Å². The van der Waals surface area contributed by atoms with Gasteiger partial charge in [-0.25, -0.2) is 0 Å². The van der Waals surface area contributed by atoms with Gasteiger partial charge in [-0.3, -0.25) is 4.98 Å². The maximum atomic E-state index is 4.45. The van der Waals surface area contributed by atoms with E-state index in [4.69, 9.17) is 0 Å². The Morgan fingerprint density at radius 3 is 2.16 bits per heavy atom. The lowest BCUT2D eigenvalue weighted by atomic mass is 9.89. The molecule has 132 valence electrons. The van der Waals surface area contributed by atoms with Gasteiger partial charge in [0.2, 0.25) is 0 Å². The Morgan fingerprint density at radius 1 is 1.00 bits per heavy atom. The molecule has 0 aliphatic rings. The van der Waals surface area contributed by atoms with Crippen LogP contribution in [0.25, 0.3) is 5.57 Å². The molecule has 0 spiro atoms. The third kappa shape index (κ3) is 4.92. The number of hydrogen-bond acceptors (Lipinski definition) is 1. The molecule has 2 rings (SSSR count). The molecule has 1 heteroatoms. The van der Waals surface area contributed by atoms with Crippen molar-refractivity contribution < 1.29 is 0 Å². The number of aromatic nitrogens is 1. The minimum Gasteiger partial charge on any atom is -0.261 e. The van der Waals surface area contributed by atoms with Crippen molar-refractivity contribution in [1.82, 2.24) is 4.98 Å². The molecule has 0 atom stereocenters. The first kappa shape index (κ1) is 19.2. The van der Waals surface area contributed by atoms with Crippen LogP contribution in [0.2, 0.25) is 0 Å². The maximum absolute atomic E-state index is 4.45. The Labute approximate surface area is 153 Å². The summed E-state index contributed by atoms with van der Waals surface area (Å²) in [4.78, 5) is 4.45. The molecular weight excluding hydrogens is 302 g/mol. The van der Waals surface area contributed by atoms with Crippen LogP contribution in [0.4, 0.5) is 0 Å². The number of hydrogen-bond donors (Lipinski definition) is 0. The molecule has 2 aromatic rings. The fourth-order valence-electron chi connectivity index (χ4n) is 3.63. The lowest BCUT2D eigenvalue weighted by molar-refractivity contribution is 0.928. The smallest absolute Gasteiger partial charge is 0.0375 e. The fourth-order valence-corrected chi connectivity index (χ4v) is 3.63. The summed E-state index contributed by atoms with van der Waals surface area (Å²) in [6.07, 6.45) is 7.30. The highest BCUT2D eigenvalue weighted by atomic mass is 14.7. The van der Waals surface area contributed by atoms with E-state index < -0.39 is 0 Å². The molecule has 0 N–H and O–H groups in total. The van der Waals surface area contributed by atoms with Gasteiger partial charge in [0.1, 0.15) is 0 Å². The van der Waals surface area contributed by atoms with Gasteiger partial charge >= 0.3 is 0 Å². The van der Waals surface area contributed by atoms with Gasteiger partial charge in [0.15, 0.2) is 0 Å². The molecule has 1 nitrogen and oxygen atoms in total. The first-order valence-corrected chi connectivity index (χ1v) is 9.14. The average Bonchev–Trinajstić information content (AvgIpc) is 2.52. The van der Waals surface area contributed by atoms with Crippen LogP contribution in [-0.4, -0.2) is 4.98 Å². The van der Waals surface area contributed by atoms with Crippen LogP contribution in [0.15, 0.2) is 42.6 Å². The largest absolute Gasteiger partial charge is 0.261 e. The summed E-state index contributed by atoms with van der Waals surface area (Å²) in [5, 5.41) is 0. The average molecular weight is 334 g/mol. The van der Waals surface area contributed by atoms with Crippen LogP contribution in [0, 0.1) is 27.7 Å². The normalized spacial score (nSPS) is 11.7. The van der Waals surface area contributed by atoms with Gasteiger partial charge in [0, 0.05) is 11.9 Å². The van der Waals surface area contributed by atoms with Crippen molar-refractivity contribution in [1.29, 1.82) is 0 Å². The third-order valence-corrected chi connectivity index (χ3v) is 4.79. The molecule has 1 aromatic carbocycles. The van der Waals surface area contributed by atoms with Crippen molar-refractivity contribution in [2.24, 2.45) is 0 Å². The minimum absolute atomic E-state index is 0.950. The van der Waals surface area contributed by atoms with Gasteiger partial charge < -0.3 is 0 Å². The second-order valence-corrected chi connectivity index (χ2v) is 7.30. The quantitative estimate of drug-likeness (QED) is 0.552. The van der Waals surface area contributed by atoms with Gasteiger partial charge in [-0.2, -0.15) is 0 Å². The lowest BCUT2D eigenvalue weighted by Crippen LogP contribution is -2.00. The van der Waals surface area contributed by atoms with Crippen molar-refractivity contribution >= 4 is 5.57 Å². The SMILES string of the molecule is C=C(C)C/C(=C/C)c1c(C)cc(CCc2cnc(C)cc2C)cc1C. The summed E-state index contributed by atoms with van der Waals surface area (Å²) in [7, 11) is 0. The summed E-state index contributed by atoms with van der Waals surface area (Å²) in [5.74, 6) is 0. The van der Waals surface area contributed by atoms with Crippen LogP contribution < -0.4 is 0 Å². The zero-order chi connectivity index (χ0) is 18.6. The molecule has 0 fully saturated rings. The van der Waals surface area contributed by atoms with E-state index in [0.717, 1.165) is 25.0 Å². The van der Waals surface area contributed by atoms with E-state index in [1.54, 1.807) is 0 Å². The summed E-state index contributed by atoms with van der Waals surface area (Å²) < 4.78 is 0. The van der Waals surface area contributed by atoms with Gasteiger partial charge in [-0.05, 0) is 106 Å². The Bertz CT molecular complexity index is 786. The van der Waals surface area contributed by atoms with E-state index in [9.17, 15) is 0 Å². The monoisotopic (exact) mass is 333 g/mol. The van der Waals surface area contributed by atoms with Crippen LogP contribution >= 0.6 is 0 Å². The van der Waals surface area contributed by atoms with Crippen LogP contribution in [0.5, 0.6) is 0 Å². The van der Waals surface area contributed by atoms with Crippen molar-refractivity contribution in [3.63, 3.8) is 0 Å². The number of allylic oxidation sites excluding steroid dienone is 3. The first-order valence-electron chi connectivity index (χ1n) is 9.14. The molecule has 0 amide bonds. The molecule has 0 unspecified atom stereocenters. The molecule has 1 heterocycles. The Kier molecular flexibility index (Phi) is 6.36. The van der Waals surface area contributed by atoms with E-state index in [1.807, 2.05) is 13.1 Å². The number of pyridine rings is 1. The molecule has 1 aromatic heterocycles. The van der Waals surface area contributed by atoms with E-state index >= 15 is 0 Å². The van der Waals surface area contributed by atoms with E-state index in [2.05, 4.69) is 70.5 Å². The van der Waals surface area contributed by atoms with Crippen molar-refractivity contribution in [2.75, 3.05) is 0 Å². The first-order chi connectivity index (χ1) is 11.8. The summed E-state index contributed by atoms with van der Waals surface area (Å²) in [6.45, 7) is 17.0. The second kappa shape index (κ2) is 8.29. The molecule has 0 bridgehead atoms. The summed E-state index contributed by atoms with van der Waals surface area (Å²) in [5.41, 5.74) is 11.9. The third-order valence-electron chi connectivity index (χ3n) is 4.79. The Hall–Kier alpha value is -2.15. The highest BCUT2D eigenvalue weighted by molar-refractivity contribution is 5.72. The van der Waals surface area contributed by atoms with Gasteiger partial charge in [-0.1, -0.05) is 30.4 Å². The van der Waals surface area contributed by atoms with Crippen molar-refractivity contribution in [3.8, 4) is 0 Å². The molecule has 0 aliphatic heterocycles. The molecule has 0 saturated carbocycles. The van der Waals surface area contributed by atoms with E-state index in [1.165, 1.54) is 44.5 Å². The molecule has 25 heavy (non-hydrogen) atoms. The van der Waals surface area contributed by atoms with E-state index in [-0.39, 0.29) is 0 Å². The number of aryl methyl sites for hydroxylation is 6. The molecule has 0 radical (unpaired) electrons. The maximum Gasteiger partial charge on any atom is 0.0375 e. The number of rotatable bonds is 6. The summed E-state index contributed by atoms with van der Waals surface area (Å²) in [6, 6.07) is 6.87. The van der Waals surface area contributed by atoms with Crippen molar-refractivity contribution in [2.45, 2.75) is 60.8 Å². The van der Waals surface area contributed by atoms with E-state index in [0.29, 0.717) is 0 Å². The van der Waals surface area contributed by atoms with Crippen LogP contribution in [0.3, 0.4) is 0 Å². The lowest BCUT2D eigenvalue weighted by Gasteiger charge is -2.16. The predicted molar refractivity (Wildman–Crippen MR) is 110 cm³/mol. The fraction of sp³-hybridized carbons (Fsp3) is 0.375. The second-order valence-electron chi connectivity index (χ2n) is 7.30. The Morgan fingerprint density at radius 2 is 1.64 bits per heavy atom. The van der Waals surface area contributed by atoms with Crippen molar-refractivity contribution in [3.05, 3.63) is 81.7 Å². The van der Waals surface area contributed by atoms with Crippen LogP contribution in [-0.2, 0) is 12.8 Å². The number of benzene rings is 1. The highest BCUT2D eigenvalue weighted by Crippen LogP contribution is 2.29. The molecular formula is C24H31N. The standard InChI is InChI=1S/C24H31N/c1-8-22(11-16(2)3)24-18(5)13-21(14-19(24)6)9-10-23-15-25-20(7)12-17(23)4/h8,12-15H,2,9-11H2,1,3-7H3/b22-8-. The summed E-state index contributed by atoms with van der Waals surface area (Å²) >= 11 is 0. The van der Waals surface area contributed by atoms with Crippen LogP contribution in [0.1, 0.15) is 59.3 Å². The zero-order valence-electron chi connectivity index (χ0n) is 16.7. The molecule has 0 aliphatic carbocycles. The number of nitrogens with zero attached hydrogens (tertiary/aromatic N) is 1. The Balaban J connectivity index is 2.23. The van der Waals surface area contributed by atoms with Gasteiger partial charge in [-0.15, -0.1) is 0 Å². The topological polar surface area (TPSA) is 12.9 Å².